The van der Waals surface area contributed by atoms with Crippen LogP contribution in [0.25, 0.3) is 0 Å². The third kappa shape index (κ3) is 2.49. The summed E-state index contributed by atoms with van der Waals surface area (Å²) in [7, 11) is 0. The van der Waals surface area contributed by atoms with E-state index in [1.165, 1.54) is 0 Å². The van der Waals surface area contributed by atoms with Gasteiger partial charge in [0.25, 0.3) is 0 Å². The predicted molar refractivity (Wildman–Crippen MR) is 80.0 cm³/mol. The first-order valence-corrected chi connectivity index (χ1v) is 6.57. The molecule has 0 bridgehead atoms. The van der Waals surface area contributed by atoms with E-state index < -0.39 is 11.1 Å². The zero-order chi connectivity index (χ0) is 15.0. The normalized spacial score (nSPS) is 19.7. The number of nitrogens with zero attached hydrogens (tertiary/aromatic N) is 1. The monoisotopic (exact) mass is 264 g/mol. The molecule has 2 rings (SSSR count). The van der Waals surface area contributed by atoms with E-state index in [4.69, 9.17) is 6.42 Å². The predicted octanol–water partition coefficient (Wildman–Crippen LogP) is 3.16. The maximum Gasteiger partial charge on any atom is 0.0771 e. The van der Waals surface area contributed by atoms with Gasteiger partial charge < -0.3 is 0 Å². The van der Waals surface area contributed by atoms with Crippen molar-refractivity contribution in [1.29, 1.82) is 0 Å². The van der Waals surface area contributed by atoms with Gasteiger partial charge in [-0.25, -0.2) is 0 Å². The summed E-state index contributed by atoms with van der Waals surface area (Å²) in [4.78, 5) is 0. The summed E-state index contributed by atoms with van der Waals surface area (Å²) >= 11 is 0. The van der Waals surface area contributed by atoms with Crippen molar-refractivity contribution in [2.75, 3.05) is 0 Å². The van der Waals surface area contributed by atoms with Gasteiger partial charge in [0.15, 0.2) is 0 Å². The average molecular weight is 264 g/mol. The first-order valence-electron chi connectivity index (χ1n) is 6.57. The van der Waals surface area contributed by atoms with Crippen molar-refractivity contribution >= 4 is 0 Å². The fourth-order valence-corrected chi connectivity index (χ4v) is 2.40. The highest BCUT2D eigenvalue weighted by Crippen LogP contribution is 2.38. The van der Waals surface area contributed by atoms with Crippen LogP contribution in [0.4, 0.5) is 0 Å². The van der Waals surface area contributed by atoms with Crippen molar-refractivity contribution in [1.82, 2.24) is 5.06 Å². The highest BCUT2D eigenvalue weighted by atomic mass is 16.5. The third-order valence-corrected chi connectivity index (χ3v) is 3.58. The molecule has 0 amide bonds. The Balaban J connectivity index is 2.31. The van der Waals surface area contributed by atoms with Gasteiger partial charge in [-0.2, -0.15) is 0 Å². The largest absolute Gasteiger partial charge is 0.135 e. The van der Waals surface area contributed by atoms with Crippen LogP contribution in [0.2, 0.25) is 0 Å². The van der Waals surface area contributed by atoms with Crippen LogP contribution in [0.3, 0.4) is 0 Å². The first kappa shape index (κ1) is 14.4. The van der Waals surface area contributed by atoms with Crippen LogP contribution in [0.1, 0.15) is 38.8 Å². The quantitative estimate of drug-likeness (QED) is 0.660. The van der Waals surface area contributed by atoms with Gasteiger partial charge in [-0.05, 0) is 58.0 Å². The Labute approximate surface area is 121 Å². The van der Waals surface area contributed by atoms with Crippen molar-refractivity contribution < 1.29 is 5.21 Å². The minimum absolute atomic E-state index is 0.513. The van der Waals surface area contributed by atoms with Gasteiger partial charge in [-0.3, -0.25) is 0 Å². The number of rotatable bonds is 0. The van der Waals surface area contributed by atoms with Crippen LogP contribution in [0, 0.1) is 24.2 Å². The maximum absolute atomic E-state index is 12.2. The molecule has 1 radical (unpaired) electrons. The van der Waals surface area contributed by atoms with Crippen LogP contribution in [0.5, 0.6) is 0 Å². The van der Waals surface area contributed by atoms with E-state index >= 15 is 0 Å². The van der Waals surface area contributed by atoms with Crippen LogP contribution in [-0.4, -0.2) is 16.1 Å². The molecule has 1 aromatic rings. The zero-order valence-corrected chi connectivity index (χ0v) is 12.3. The van der Waals surface area contributed by atoms with Crippen molar-refractivity contribution in [3.8, 4) is 24.2 Å². The average Bonchev–Trinajstić information content (AvgIpc) is 2.57. The second-order valence-corrected chi connectivity index (χ2v) is 6.04. The molecule has 1 aliphatic heterocycles. The fraction of sp³-hybridized carbons (Fsp3) is 0.333. The van der Waals surface area contributed by atoms with E-state index in [9.17, 15) is 5.21 Å². The number of hydrogen-bond donors (Lipinski definition) is 0. The van der Waals surface area contributed by atoms with Crippen molar-refractivity contribution in [2.45, 2.75) is 38.8 Å². The number of hydroxylamine groups is 2. The Hall–Kier alpha value is -2.00. The van der Waals surface area contributed by atoms with Gasteiger partial charge in [0.1, 0.15) is 0 Å². The van der Waals surface area contributed by atoms with Crippen molar-refractivity contribution in [2.24, 2.45) is 0 Å². The molecular weight excluding hydrogens is 246 g/mol. The lowest BCUT2D eigenvalue weighted by Gasteiger charge is -2.32. The lowest BCUT2D eigenvalue weighted by atomic mass is 9.97. The molecule has 1 aromatic carbocycles. The van der Waals surface area contributed by atoms with E-state index in [1.54, 1.807) is 0 Å². The summed E-state index contributed by atoms with van der Waals surface area (Å²) in [5.41, 5.74) is 1.49. The minimum Gasteiger partial charge on any atom is -0.135 e. The molecule has 0 fully saturated rings. The minimum atomic E-state index is -0.588. The van der Waals surface area contributed by atoms with Crippen molar-refractivity contribution in [3.05, 3.63) is 47.0 Å². The van der Waals surface area contributed by atoms with Crippen LogP contribution < -0.4 is 0 Å². The van der Waals surface area contributed by atoms with Crippen LogP contribution in [-0.2, 0) is 5.21 Å². The molecule has 2 nitrogen and oxygen atoms in total. The summed E-state index contributed by atoms with van der Waals surface area (Å²) in [6.07, 6.45) is 7.27. The number of terminal acetylenes is 1. The molecule has 0 spiro atoms. The van der Waals surface area contributed by atoms with E-state index in [2.05, 4.69) is 17.8 Å². The Morgan fingerprint density at radius 3 is 2.00 bits per heavy atom. The second kappa shape index (κ2) is 4.84. The van der Waals surface area contributed by atoms with E-state index in [1.807, 2.05) is 58.0 Å². The lowest BCUT2D eigenvalue weighted by molar-refractivity contribution is -0.237. The van der Waals surface area contributed by atoms with E-state index in [0.717, 1.165) is 21.8 Å². The Morgan fingerprint density at radius 1 is 1.00 bits per heavy atom. The standard InChI is InChI=1S/C18H18NO/c1-6-14-7-9-15(10-8-14)11-12-16-13-17(2,3)19(20)18(16,4)5/h1,7-10,13H,2-5H3. The Kier molecular flexibility index (Phi) is 3.48. The maximum atomic E-state index is 12.2. The summed E-state index contributed by atoms with van der Waals surface area (Å²) in [5.74, 6) is 8.80. The van der Waals surface area contributed by atoms with Gasteiger partial charge in [-0.1, -0.05) is 17.8 Å². The fourth-order valence-electron chi connectivity index (χ4n) is 2.40. The van der Waals surface area contributed by atoms with E-state index in [-0.39, 0.29) is 0 Å². The summed E-state index contributed by atoms with van der Waals surface area (Å²) in [6.45, 7) is 7.60. The third-order valence-electron chi connectivity index (χ3n) is 3.58. The molecule has 0 atom stereocenters. The molecular formula is C18H18NO. The van der Waals surface area contributed by atoms with Gasteiger partial charge >= 0.3 is 0 Å². The molecule has 1 aliphatic rings. The molecule has 2 heteroatoms. The summed E-state index contributed by atoms with van der Waals surface area (Å²) < 4.78 is 0. The van der Waals surface area contributed by atoms with Gasteiger partial charge in [0, 0.05) is 16.7 Å². The molecule has 1 heterocycles. The molecule has 20 heavy (non-hydrogen) atoms. The number of benzene rings is 1. The molecule has 0 saturated carbocycles. The highest BCUT2D eigenvalue weighted by molar-refractivity contribution is 5.49. The molecule has 0 N–H and O–H groups in total. The molecule has 0 unspecified atom stereocenters. The summed E-state index contributed by atoms with van der Waals surface area (Å²) in [6, 6.07) is 7.51. The van der Waals surface area contributed by atoms with E-state index in [0.29, 0.717) is 0 Å². The molecule has 101 valence electrons. The number of hydrogen-bond acceptors (Lipinski definition) is 1. The van der Waals surface area contributed by atoms with Crippen LogP contribution in [0.15, 0.2) is 35.9 Å². The molecule has 0 saturated heterocycles. The second-order valence-electron chi connectivity index (χ2n) is 6.04. The summed E-state index contributed by atoms with van der Waals surface area (Å²) in [5, 5.41) is 13.3. The SMILES string of the molecule is C#Cc1ccc(C#CC2=CC(C)(C)N([O])C2(C)C)cc1. The Bertz CT molecular complexity index is 645. The zero-order valence-electron chi connectivity index (χ0n) is 12.3. The van der Waals surface area contributed by atoms with Gasteiger partial charge in [0.2, 0.25) is 0 Å². The molecule has 0 aliphatic carbocycles. The smallest absolute Gasteiger partial charge is 0.0771 e. The van der Waals surface area contributed by atoms with Crippen molar-refractivity contribution in [3.63, 3.8) is 0 Å². The highest BCUT2D eigenvalue weighted by Gasteiger charge is 2.45. The van der Waals surface area contributed by atoms with Gasteiger partial charge in [-0.15, -0.1) is 16.7 Å². The Morgan fingerprint density at radius 2 is 1.55 bits per heavy atom. The lowest BCUT2D eigenvalue weighted by Crippen LogP contribution is -2.46. The first-order chi connectivity index (χ1) is 9.27. The van der Waals surface area contributed by atoms with Crippen LogP contribution >= 0.6 is 0 Å². The molecule has 0 aromatic heterocycles. The topological polar surface area (TPSA) is 23.1 Å². The van der Waals surface area contributed by atoms with Gasteiger partial charge in [0.05, 0.1) is 11.1 Å².